The van der Waals surface area contributed by atoms with Gasteiger partial charge < -0.3 is 19.4 Å². The van der Waals surface area contributed by atoms with E-state index in [9.17, 15) is 4.79 Å². The summed E-state index contributed by atoms with van der Waals surface area (Å²) < 4.78 is 13.9. The first-order valence-electron chi connectivity index (χ1n) is 9.74. The van der Waals surface area contributed by atoms with Crippen molar-refractivity contribution in [3.05, 3.63) is 57.4 Å². The van der Waals surface area contributed by atoms with Crippen molar-refractivity contribution in [2.75, 3.05) is 18.2 Å². The molecule has 0 aliphatic carbocycles. The minimum absolute atomic E-state index is 0.0767. The van der Waals surface area contributed by atoms with E-state index in [2.05, 4.69) is 58.0 Å². The van der Waals surface area contributed by atoms with Crippen LogP contribution in [-0.2, 0) is 18.4 Å². The zero-order chi connectivity index (χ0) is 22.4. The van der Waals surface area contributed by atoms with Crippen molar-refractivity contribution in [3.63, 3.8) is 0 Å². The molecule has 0 bridgehead atoms. The summed E-state index contributed by atoms with van der Waals surface area (Å²) in [6.07, 6.45) is 0. The molecule has 0 aliphatic heterocycles. The highest BCUT2D eigenvalue weighted by atomic mass is 127. The number of amides is 1. The zero-order valence-corrected chi connectivity index (χ0v) is 20.9. The predicted molar refractivity (Wildman–Crippen MR) is 131 cm³/mol. The second kappa shape index (κ2) is 10.9. The molecule has 0 fully saturated rings. The van der Waals surface area contributed by atoms with Gasteiger partial charge in [-0.1, -0.05) is 25.6 Å². The third-order valence-electron chi connectivity index (χ3n) is 4.59. The number of thioether (sulfide) groups is 1. The zero-order valence-electron chi connectivity index (χ0n) is 17.9. The lowest BCUT2D eigenvalue weighted by molar-refractivity contribution is -0.113. The van der Waals surface area contributed by atoms with Crippen LogP contribution >= 0.6 is 34.4 Å². The van der Waals surface area contributed by atoms with Crippen LogP contribution in [-0.4, -0.2) is 33.5 Å². The fraction of sp³-hybridized carbons (Fsp3) is 0.318. The molecule has 3 aromatic rings. The summed E-state index contributed by atoms with van der Waals surface area (Å²) in [5.41, 5.74) is 1.98. The highest BCUT2D eigenvalue weighted by Gasteiger charge is 2.14. The van der Waals surface area contributed by atoms with E-state index >= 15 is 0 Å². The molecule has 31 heavy (non-hydrogen) atoms. The van der Waals surface area contributed by atoms with Gasteiger partial charge in [0.15, 0.2) is 11.0 Å². The first kappa shape index (κ1) is 23.4. The minimum Gasteiger partial charge on any atom is -0.497 e. The van der Waals surface area contributed by atoms with E-state index in [1.807, 2.05) is 48.0 Å². The van der Waals surface area contributed by atoms with Crippen molar-refractivity contribution in [2.45, 2.75) is 31.5 Å². The van der Waals surface area contributed by atoms with Crippen LogP contribution in [0.5, 0.6) is 11.5 Å². The maximum atomic E-state index is 12.5. The van der Waals surface area contributed by atoms with Crippen LogP contribution in [0.2, 0.25) is 0 Å². The SMILES string of the molecule is COc1ccc(OCc2nnc(SCC(=O)Nc3ccc(I)cc3C(C)C)n2C)cc1. The molecular weight excluding hydrogens is 527 g/mol. The van der Waals surface area contributed by atoms with Crippen LogP contribution in [0.3, 0.4) is 0 Å². The van der Waals surface area contributed by atoms with Crippen molar-refractivity contribution in [2.24, 2.45) is 7.05 Å². The van der Waals surface area contributed by atoms with E-state index in [4.69, 9.17) is 9.47 Å². The minimum atomic E-state index is -0.0767. The summed E-state index contributed by atoms with van der Waals surface area (Å²) in [6.45, 7) is 4.51. The summed E-state index contributed by atoms with van der Waals surface area (Å²) in [7, 11) is 3.49. The fourth-order valence-corrected chi connectivity index (χ4v) is 4.10. The molecule has 0 radical (unpaired) electrons. The molecule has 2 aromatic carbocycles. The van der Waals surface area contributed by atoms with E-state index in [0.29, 0.717) is 16.9 Å². The molecule has 9 heteroatoms. The van der Waals surface area contributed by atoms with Crippen LogP contribution in [0.25, 0.3) is 0 Å². The number of rotatable bonds is 9. The third kappa shape index (κ3) is 6.36. The summed E-state index contributed by atoms with van der Waals surface area (Å²) in [6, 6.07) is 13.4. The van der Waals surface area contributed by atoms with Gasteiger partial charge in [0.25, 0.3) is 0 Å². The van der Waals surface area contributed by atoms with Gasteiger partial charge >= 0.3 is 0 Å². The standard InChI is InChI=1S/C22H25IN4O3S/c1-14(2)18-11-15(23)5-10-19(18)24-21(28)13-31-22-26-25-20(27(22)3)12-30-17-8-6-16(29-4)7-9-17/h5-11,14H,12-13H2,1-4H3,(H,24,28). The van der Waals surface area contributed by atoms with E-state index in [1.54, 1.807) is 7.11 Å². The lowest BCUT2D eigenvalue weighted by atomic mass is 10.0. The number of aromatic nitrogens is 3. The number of carbonyl (C=O) groups excluding carboxylic acids is 1. The monoisotopic (exact) mass is 552 g/mol. The lowest BCUT2D eigenvalue weighted by Crippen LogP contribution is -2.16. The van der Waals surface area contributed by atoms with Gasteiger partial charge in [0.2, 0.25) is 5.91 Å². The highest BCUT2D eigenvalue weighted by Crippen LogP contribution is 2.27. The molecule has 1 N–H and O–H groups in total. The van der Waals surface area contributed by atoms with Crippen LogP contribution in [0.15, 0.2) is 47.6 Å². The maximum Gasteiger partial charge on any atom is 0.234 e. The van der Waals surface area contributed by atoms with Gasteiger partial charge in [-0.05, 0) is 76.5 Å². The molecule has 164 valence electrons. The molecule has 0 aliphatic rings. The molecule has 1 amide bonds. The quantitative estimate of drug-likeness (QED) is 0.302. The van der Waals surface area contributed by atoms with Gasteiger partial charge in [-0.25, -0.2) is 0 Å². The second-order valence-electron chi connectivity index (χ2n) is 7.15. The number of carbonyl (C=O) groups is 1. The van der Waals surface area contributed by atoms with E-state index in [1.165, 1.54) is 11.8 Å². The average Bonchev–Trinajstić information content (AvgIpc) is 3.11. The Balaban J connectivity index is 1.55. The Morgan fingerprint density at radius 1 is 1.16 bits per heavy atom. The number of ether oxygens (including phenoxy) is 2. The summed E-state index contributed by atoms with van der Waals surface area (Å²) >= 11 is 3.63. The number of methoxy groups -OCH3 is 1. The Morgan fingerprint density at radius 3 is 2.55 bits per heavy atom. The smallest absolute Gasteiger partial charge is 0.234 e. The Bertz CT molecular complexity index is 1040. The van der Waals surface area contributed by atoms with Crippen molar-refractivity contribution in [1.82, 2.24) is 14.8 Å². The van der Waals surface area contributed by atoms with Crippen molar-refractivity contribution in [3.8, 4) is 11.5 Å². The van der Waals surface area contributed by atoms with E-state index in [0.717, 1.165) is 26.3 Å². The first-order valence-corrected chi connectivity index (χ1v) is 11.8. The first-order chi connectivity index (χ1) is 14.9. The van der Waals surface area contributed by atoms with Crippen LogP contribution in [0.1, 0.15) is 31.2 Å². The van der Waals surface area contributed by atoms with E-state index < -0.39 is 0 Å². The molecular formula is C22H25IN4O3S. The van der Waals surface area contributed by atoms with Gasteiger partial charge in [0.05, 0.1) is 12.9 Å². The molecule has 3 rings (SSSR count). The average molecular weight is 552 g/mol. The van der Waals surface area contributed by atoms with Crippen LogP contribution in [0.4, 0.5) is 5.69 Å². The largest absolute Gasteiger partial charge is 0.497 e. The third-order valence-corrected chi connectivity index (χ3v) is 6.29. The number of benzene rings is 2. The van der Waals surface area contributed by atoms with Gasteiger partial charge in [0, 0.05) is 16.3 Å². The number of halogens is 1. The molecule has 0 saturated heterocycles. The number of hydrogen-bond acceptors (Lipinski definition) is 6. The predicted octanol–water partition coefficient (Wildman–Crippen LogP) is 4.86. The van der Waals surface area contributed by atoms with Gasteiger partial charge in [-0.3, -0.25) is 4.79 Å². The van der Waals surface area contributed by atoms with Crippen molar-refractivity contribution < 1.29 is 14.3 Å². The molecule has 1 aromatic heterocycles. The topological polar surface area (TPSA) is 78.3 Å². The normalized spacial score (nSPS) is 10.9. The van der Waals surface area contributed by atoms with E-state index in [-0.39, 0.29) is 18.3 Å². The Kier molecular flexibility index (Phi) is 8.19. The molecule has 7 nitrogen and oxygen atoms in total. The fourth-order valence-electron chi connectivity index (χ4n) is 2.86. The molecule has 0 unspecified atom stereocenters. The highest BCUT2D eigenvalue weighted by molar-refractivity contribution is 14.1. The van der Waals surface area contributed by atoms with Crippen molar-refractivity contribution in [1.29, 1.82) is 0 Å². The summed E-state index contributed by atoms with van der Waals surface area (Å²) in [5, 5.41) is 12.0. The van der Waals surface area contributed by atoms with Crippen LogP contribution < -0.4 is 14.8 Å². The number of hydrogen-bond donors (Lipinski definition) is 1. The molecule has 1 heterocycles. The second-order valence-corrected chi connectivity index (χ2v) is 9.33. The Labute approximate surface area is 200 Å². The number of nitrogens with one attached hydrogen (secondary N) is 1. The molecule has 0 atom stereocenters. The van der Waals surface area contributed by atoms with Crippen molar-refractivity contribution >= 4 is 45.9 Å². The van der Waals surface area contributed by atoms with Crippen LogP contribution in [0, 0.1) is 3.57 Å². The Hall–Kier alpha value is -2.27. The number of anilines is 1. The lowest BCUT2D eigenvalue weighted by Gasteiger charge is -2.14. The maximum absolute atomic E-state index is 12.5. The summed E-state index contributed by atoms with van der Waals surface area (Å²) in [5.74, 6) is 2.66. The summed E-state index contributed by atoms with van der Waals surface area (Å²) in [4.78, 5) is 12.5. The molecule has 0 saturated carbocycles. The van der Waals surface area contributed by atoms with Gasteiger partial charge in [-0.15, -0.1) is 10.2 Å². The Morgan fingerprint density at radius 2 is 1.87 bits per heavy atom. The molecule has 0 spiro atoms. The van der Waals surface area contributed by atoms with Gasteiger partial charge in [-0.2, -0.15) is 0 Å². The number of nitrogens with zero attached hydrogens (tertiary/aromatic N) is 3. The van der Waals surface area contributed by atoms with Gasteiger partial charge in [0.1, 0.15) is 18.1 Å².